The van der Waals surface area contributed by atoms with E-state index in [4.69, 9.17) is 0 Å². The molecule has 0 saturated heterocycles. The average molecular weight is 417 g/mol. The Morgan fingerprint density at radius 1 is 1.10 bits per heavy atom. The standard InChI is InChI=1S/C20H23N3O5S/c1-14-5-2-3-8-19(14)21-20(24)15-9-11-16(12-10-15)22-29(27,28)18-7-4-6-17(13-18)23(25)26/h4,6-7,9-14,19,22H,2-3,5,8H2,1H3,(H,21,24)/t14-,19-/m1/s1. The highest BCUT2D eigenvalue weighted by Crippen LogP contribution is 2.24. The molecule has 2 aromatic rings. The van der Waals surface area contributed by atoms with Gasteiger partial charge in [0.1, 0.15) is 0 Å². The molecule has 1 saturated carbocycles. The van der Waals surface area contributed by atoms with Gasteiger partial charge in [-0.2, -0.15) is 0 Å². The van der Waals surface area contributed by atoms with E-state index in [0.717, 1.165) is 25.3 Å². The summed E-state index contributed by atoms with van der Waals surface area (Å²) in [4.78, 5) is 22.5. The predicted octanol–water partition coefficient (Wildman–Crippen LogP) is 3.70. The number of non-ortho nitro benzene ring substituents is 1. The van der Waals surface area contributed by atoms with Crippen molar-refractivity contribution in [2.45, 2.75) is 43.5 Å². The van der Waals surface area contributed by atoms with Crippen LogP contribution in [0.5, 0.6) is 0 Å². The number of amides is 1. The summed E-state index contributed by atoms with van der Waals surface area (Å²) in [7, 11) is -3.99. The van der Waals surface area contributed by atoms with Crippen molar-refractivity contribution in [1.29, 1.82) is 0 Å². The molecule has 0 bridgehead atoms. The molecule has 1 fully saturated rings. The molecular weight excluding hydrogens is 394 g/mol. The van der Waals surface area contributed by atoms with Crippen LogP contribution in [0.15, 0.2) is 53.4 Å². The van der Waals surface area contributed by atoms with Gasteiger partial charge in [-0.3, -0.25) is 19.6 Å². The van der Waals surface area contributed by atoms with E-state index in [2.05, 4.69) is 17.0 Å². The third kappa shape index (κ3) is 5.11. The smallest absolute Gasteiger partial charge is 0.270 e. The zero-order valence-electron chi connectivity index (χ0n) is 16.0. The van der Waals surface area contributed by atoms with Gasteiger partial charge in [0.2, 0.25) is 0 Å². The molecule has 1 amide bonds. The maximum absolute atomic E-state index is 12.5. The summed E-state index contributed by atoms with van der Waals surface area (Å²) >= 11 is 0. The largest absolute Gasteiger partial charge is 0.349 e. The Morgan fingerprint density at radius 3 is 2.45 bits per heavy atom. The van der Waals surface area contributed by atoms with Crippen LogP contribution in [0.4, 0.5) is 11.4 Å². The second-order valence-corrected chi connectivity index (χ2v) is 8.96. The first-order chi connectivity index (χ1) is 13.8. The number of nitrogens with zero attached hydrogens (tertiary/aromatic N) is 1. The van der Waals surface area contributed by atoms with Crippen molar-refractivity contribution in [2.24, 2.45) is 5.92 Å². The van der Waals surface area contributed by atoms with Crippen molar-refractivity contribution < 1.29 is 18.1 Å². The van der Waals surface area contributed by atoms with Crippen LogP contribution >= 0.6 is 0 Å². The molecule has 2 atom stereocenters. The van der Waals surface area contributed by atoms with Gasteiger partial charge in [-0.25, -0.2) is 8.42 Å². The van der Waals surface area contributed by atoms with Crippen LogP contribution in [-0.4, -0.2) is 25.3 Å². The molecule has 9 heteroatoms. The number of anilines is 1. The molecule has 0 unspecified atom stereocenters. The highest BCUT2D eigenvalue weighted by atomic mass is 32.2. The zero-order valence-corrected chi connectivity index (χ0v) is 16.8. The molecule has 3 rings (SSSR count). The first-order valence-corrected chi connectivity index (χ1v) is 10.9. The minimum absolute atomic E-state index is 0.156. The Kier molecular flexibility index (Phi) is 6.17. The lowest BCUT2D eigenvalue weighted by Gasteiger charge is -2.29. The Labute approximate surface area is 169 Å². The summed E-state index contributed by atoms with van der Waals surface area (Å²) in [5.41, 5.74) is 0.400. The average Bonchev–Trinajstić information content (AvgIpc) is 2.70. The van der Waals surface area contributed by atoms with Gasteiger partial charge >= 0.3 is 0 Å². The van der Waals surface area contributed by atoms with Crippen molar-refractivity contribution in [3.8, 4) is 0 Å². The number of sulfonamides is 1. The van der Waals surface area contributed by atoms with E-state index in [1.54, 1.807) is 12.1 Å². The number of hydrogen-bond acceptors (Lipinski definition) is 5. The Morgan fingerprint density at radius 2 is 1.79 bits per heavy atom. The minimum atomic E-state index is -3.99. The molecule has 1 aliphatic rings. The van der Waals surface area contributed by atoms with Gasteiger partial charge in [0.05, 0.1) is 9.82 Å². The number of nitro benzene ring substituents is 1. The normalized spacial score (nSPS) is 19.3. The van der Waals surface area contributed by atoms with E-state index in [0.29, 0.717) is 11.5 Å². The quantitative estimate of drug-likeness (QED) is 0.549. The fraction of sp³-hybridized carbons (Fsp3) is 0.350. The molecule has 0 heterocycles. The molecule has 1 aliphatic carbocycles. The van der Waals surface area contributed by atoms with Crippen LogP contribution in [0, 0.1) is 16.0 Å². The van der Waals surface area contributed by atoms with Gasteiger partial charge < -0.3 is 5.32 Å². The van der Waals surface area contributed by atoms with E-state index in [1.807, 2.05) is 0 Å². The van der Waals surface area contributed by atoms with E-state index in [1.165, 1.54) is 36.8 Å². The topological polar surface area (TPSA) is 118 Å². The second kappa shape index (κ2) is 8.60. The van der Waals surface area contributed by atoms with Crippen LogP contribution in [0.2, 0.25) is 0 Å². The zero-order chi connectivity index (χ0) is 21.0. The van der Waals surface area contributed by atoms with Crippen LogP contribution in [0.25, 0.3) is 0 Å². The predicted molar refractivity (Wildman–Crippen MR) is 109 cm³/mol. The second-order valence-electron chi connectivity index (χ2n) is 7.28. The molecule has 29 heavy (non-hydrogen) atoms. The maximum atomic E-state index is 12.5. The van der Waals surface area contributed by atoms with E-state index >= 15 is 0 Å². The Hall–Kier alpha value is -2.94. The summed E-state index contributed by atoms with van der Waals surface area (Å²) in [5.74, 6) is 0.255. The number of nitro groups is 1. The van der Waals surface area contributed by atoms with Crippen LogP contribution in [0.1, 0.15) is 43.0 Å². The molecule has 0 aliphatic heterocycles. The number of hydrogen-bond donors (Lipinski definition) is 2. The van der Waals surface area contributed by atoms with Gasteiger partial charge in [-0.05, 0) is 49.1 Å². The lowest BCUT2D eigenvalue weighted by atomic mass is 9.86. The van der Waals surface area contributed by atoms with Gasteiger partial charge in [-0.1, -0.05) is 25.8 Å². The van der Waals surface area contributed by atoms with Gasteiger partial charge in [-0.15, -0.1) is 0 Å². The van der Waals surface area contributed by atoms with Crippen LogP contribution < -0.4 is 10.0 Å². The Bertz CT molecular complexity index is 1010. The number of carbonyl (C=O) groups is 1. The minimum Gasteiger partial charge on any atom is -0.349 e. The molecule has 2 aromatic carbocycles. The van der Waals surface area contributed by atoms with Crippen molar-refractivity contribution in [3.05, 3.63) is 64.2 Å². The summed E-state index contributed by atoms with van der Waals surface area (Å²) in [6, 6.07) is 11.1. The first kappa shape index (κ1) is 20.8. The first-order valence-electron chi connectivity index (χ1n) is 9.44. The lowest BCUT2D eigenvalue weighted by Crippen LogP contribution is -2.41. The van der Waals surface area contributed by atoms with E-state index < -0.39 is 14.9 Å². The van der Waals surface area contributed by atoms with Gasteiger partial charge in [0, 0.05) is 29.4 Å². The number of rotatable bonds is 6. The van der Waals surface area contributed by atoms with Gasteiger partial charge in [0.15, 0.2) is 0 Å². The van der Waals surface area contributed by atoms with Crippen molar-refractivity contribution in [1.82, 2.24) is 5.32 Å². The summed E-state index contributed by atoms with van der Waals surface area (Å²) < 4.78 is 27.3. The summed E-state index contributed by atoms with van der Waals surface area (Å²) in [6.07, 6.45) is 4.36. The van der Waals surface area contributed by atoms with Crippen molar-refractivity contribution in [3.63, 3.8) is 0 Å². The van der Waals surface area contributed by atoms with Crippen molar-refractivity contribution in [2.75, 3.05) is 4.72 Å². The summed E-state index contributed by atoms with van der Waals surface area (Å²) in [6.45, 7) is 2.13. The molecular formula is C20H23N3O5S. The molecule has 0 spiro atoms. The number of benzene rings is 2. The highest BCUT2D eigenvalue weighted by molar-refractivity contribution is 7.92. The van der Waals surface area contributed by atoms with Crippen molar-refractivity contribution >= 4 is 27.3 Å². The third-order valence-corrected chi connectivity index (χ3v) is 6.54. The van der Waals surface area contributed by atoms with Gasteiger partial charge in [0.25, 0.3) is 21.6 Å². The molecule has 0 aromatic heterocycles. The Balaban J connectivity index is 1.69. The summed E-state index contributed by atoms with van der Waals surface area (Å²) in [5, 5.41) is 13.9. The van der Waals surface area contributed by atoms with E-state index in [-0.39, 0.29) is 28.2 Å². The number of nitrogens with one attached hydrogen (secondary N) is 2. The highest BCUT2D eigenvalue weighted by Gasteiger charge is 2.23. The fourth-order valence-corrected chi connectivity index (χ4v) is 4.55. The lowest BCUT2D eigenvalue weighted by molar-refractivity contribution is -0.385. The SMILES string of the molecule is C[C@@H]1CCCC[C@H]1NC(=O)c1ccc(NS(=O)(=O)c2cccc([N+](=O)[O-])c2)cc1. The molecule has 8 nitrogen and oxygen atoms in total. The van der Waals surface area contributed by atoms with Crippen LogP contribution in [-0.2, 0) is 10.0 Å². The third-order valence-electron chi connectivity index (χ3n) is 5.17. The monoisotopic (exact) mass is 417 g/mol. The van der Waals surface area contributed by atoms with E-state index in [9.17, 15) is 23.3 Å². The van der Waals surface area contributed by atoms with Crippen LogP contribution in [0.3, 0.4) is 0 Å². The molecule has 2 N–H and O–H groups in total. The maximum Gasteiger partial charge on any atom is 0.270 e. The fourth-order valence-electron chi connectivity index (χ4n) is 3.45. The number of carbonyl (C=O) groups excluding carboxylic acids is 1. The molecule has 154 valence electrons. The molecule has 0 radical (unpaired) electrons.